The summed E-state index contributed by atoms with van der Waals surface area (Å²) in [6.45, 7) is 3.38. The molecule has 0 bridgehead atoms. The Bertz CT molecular complexity index is 987. The number of nitrogens with two attached hydrogens (primary N) is 1. The maximum absolute atomic E-state index is 6.37. The highest BCUT2D eigenvalue weighted by Gasteiger charge is 2.25. The molecule has 1 atom stereocenters. The molecule has 1 aliphatic carbocycles. The molecule has 2 aliphatic rings. The number of rotatable bonds is 9. The fourth-order valence-corrected chi connectivity index (χ4v) is 4.21. The minimum atomic E-state index is 0.236. The Morgan fingerprint density at radius 2 is 1.80 bits per heavy atom. The molecule has 30 heavy (non-hydrogen) atoms. The third kappa shape index (κ3) is 4.50. The molecule has 1 heterocycles. The summed E-state index contributed by atoms with van der Waals surface area (Å²) in [5.41, 5.74) is 3.12. The van der Waals surface area contributed by atoms with E-state index in [2.05, 4.69) is 79.8 Å². The van der Waals surface area contributed by atoms with Crippen molar-refractivity contribution in [3.05, 3.63) is 54.3 Å². The maximum atomic E-state index is 6.37. The Labute approximate surface area is 180 Å². The number of unbranched alkanes of at least 4 members (excludes halogenated alkanes) is 5. The zero-order valence-corrected chi connectivity index (χ0v) is 18.5. The molecule has 2 N–H and O–H groups in total. The molecule has 0 spiro atoms. The summed E-state index contributed by atoms with van der Waals surface area (Å²) in [5.74, 6) is 1.73. The summed E-state index contributed by atoms with van der Waals surface area (Å²) in [5, 5.41) is 4.80. The first-order chi connectivity index (χ1) is 14.7. The Morgan fingerprint density at radius 3 is 2.60 bits per heavy atom. The van der Waals surface area contributed by atoms with E-state index in [4.69, 9.17) is 9.73 Å². The highest BCUT2D eigenvalue weighted by atomic mass is 16.5. The summed E-state index contributed by atoms with van der Waals surface area (Å²) in [7, 11) is 4.15. The van der Waals surface area contributed by atoms with Gasteiger partial charge in [0.2, 0.25) is 0 Å². The lowest BCUT2D eigenvalue weighted by molar-refractivity contribution is -0.570. The fraction of sp³-hybridized carbons (Fsp3) is 0.423. The summed E-state index contributed by atoms with van der Waals surface area (Å²) >= 11 is 0. The fourth-order valence-electron chi connectivity index (χ4n) is 4.21. The Morgan fingerprint density at radius 1 is 1.03 bits per heavy atom. The SMILES string of the molecule is CCCCCCCC[NH2+]c1cc2c(c3ccccc13)N=C1C=CC(N(C)C)C=C1O2. The van der Waals surface area contributed by atoms with Crippen LogP contribution in [0, 0.1) is 0 Å². The summed E-state index contributed by atoms with van der Waals surface area (Å²) in [6.07, 6.45) is 14.3. The van der Waals surface area contributed by atoms with Crippen molar-refractivity contribution < 1.29 is 10.1 Å². The molecule has 1 aliphatic heterocycles. The third-order valence-corrected chi connectivity index (χ3v) is 6.01. The highest BCUT2D eigenvalue weighted by Crippen LogP contribution is 2.43. The second-order valence-electron chi connectivity index (χ2n) is 8.56. The molecule has 1 unspecified atom stereocenters. The van der Waals surface area contributed by atoms with Crippen LogP contribution in [0.25, 0.3) is 10.8 Å². The van der Waals surface area contributed by atoms with Gasteiger partial charge in [0.25, 0.3) is 0 Å². The lowest BCUT2D eigenvalue weighted by Gasteiger charge is -2.26. The number of hydrogen-bond acceptors (Lipinski definition) is 3. The lowest BCUT2D eigenvalue weighted by atomic mass is 10.0. The monoisotopic (exact) mass is 404 g/mol. The first kappa shape index (κ1) is 20.8. The first-order valence-electron chi connectivity index (χ1n) is 11.4. The minimum Gasteiger partial charge on any atom is -0.453 e. The van der Waals surface area contributed by atoms with Gasteiger partial charge in [-0.1, -0.05) is 56.9 Å². The molecule has 158 valence electrons. The van der Waals surface area contributed by atoms with Crippen molar-refractivity contribution in [3.63, 3.8) is 0 Å². The number of hydrogen-bond donors (Lipinski definition) is 1. The molecule has 4 nitrogen and oxygen atoms in total. The van der Waals surface area contributed by atoms with Crippen molar-refractivity contribution in [3.8, 4) is 5.75 Å². The van der Waals surface area contributed by atoms with Gasteiger partial charge in [-0.25, -0.2) is 4.99 Å². The van der Waals surface area contributed by atoms with Crippen LogP contribution in [0.2, 0.25) is 0 Å². The molecule has 0 aromatic heterocycles. The van der Waals surface area contributed by atoms with Crippen molar-refractivity contribution in [2.24, 2.45) is 4.99 Å². The largest absolute Gasteiger partial charge is 0.453 e. The minimum absolute atomic E-state index is 0.236. The topological polar surface area (TPSA) is 41.4 Å². The second kappa shape index (κ2) is 9.59. The van der Waals surface area contributed by atoms with E-state index in [0.29, 0.717) is 0 Å². The molecular weight excluding hydrogens is 370 g/mol. The van der Waals surface area contributed by atoms with Gasteiger partial charge in [0.15, 0.2) is 11.5 Å². The van der Waals surface area contributed by atoms with E-state index in [1.54, 1.807) is 0 Å². The van der Waals surface area contributed by atoms with Crippen molar-refractivity contribution >= 4 is 27.9 Å². The average molecular weight is 405 g/mol. The number of ether oxygens (including phenoxy) is 1. The quantitative estimate of drug-likeness (QED) is 0.458. The predicted molar refractivity (Wildman–Crippen MR) is 126 cm³/mol. The number of benzene rings is 2. The molecular formula is C26H34N3O+. The van der Waals surface area contributed by atoms with E-state index in [1.807, 2.05) is 0 Å². The Balaban J connectivity index is 1.56. The van der Waals surface area contributed by atoms with Crippen molar-refractivity contribution in [1.82, 2.24) is 4.90 Å². The van der Waals surface area contributed by atoms with Gasteiger partial charge in [-0.15, -0.1) is 0 Å². The number of likely N-dealkylation sites (N-methyl/N-ethyl adjacent to an activating group) is 1. The van der Waals surface area contributed by atoms with Crippen molar-refractivity contribution in [1.29, 1.82) is 0 Å². The summed E-state index contributed by atoms with van der Waals surface area (Å²) in [6, 6.07) is 11.0. The van der Waals surface area contributed by atoms with Gasteiger partial charge in [0.05, 0.1) is 6.54 Å². The molecule has 2 aromatic carbocycles. The predicted octanol–water partition coefficient (Wildman–Crippen LogP) is 5.24. The molecule has 2 aromatic rings. The van der Waals surface area contributed by atoms with Gasteiger partial charge in [-0.05, 0) is 45.2 Å². The number of nitrogens with zero attached hydrogens (tertiary/aromatic N) is 2. The van der Waals surface area contributed by atoms with Gasteiger partial charge in [0.1, 0.15) is 17.1 Å². The van der Waals surface area contributed by atoms with Crippen molar-refractivity contribution in [2.75, 3.05) is 20.6 Å². The molecule has 0 fully saturated rings. The Hall–Kier alpha value is -2.43. The summed E-state index contributed by atoms with van der Waals surface area (Å²) < 4.78 is 6.37. The zero-order valence-electron chi connectivity index (χ0n) is 18.5. The number of aliphatic imine (C=N–C) groups is 1. The highest BCUT2D eigenvalue weighted by molar-refractivity contribution is 6.14. The van der Waals surface area contributed by atoms with Crippen LogP contribution in [0.1, 0.15) is 45.4 Å². The van der Waals surface area contributed by atoms with E-state index in [-0.39, 0.29) is 6.04 Å². The molecule has 0 radical (unpaired) electrons. The number of quaternary nitrogens is 1. The normalized spacial score (nSPS) is 17.4. The molecule has 0 amide bonds. The van der Waals surface area contributed by atoms with Gasteiger partial charge in [-0.3, -0.25) is 4.90 Å². The number of allylic oxidation sites excluding steroid dienone is 1. The second-order valence-corrected chi connectivity index (χ2v) is 8.56. The molecule has 4 rings (SSSR count). The maximum Gasteiger partial charge on any atom is 0.159 e. The number of fused-ring (bicyclic) bond motifs is 4. The van der Waals surface area contributed by atoms with Gasteiger partial charge < -0.3 is 10.1 Å². The van der Waals surface area contributed by atoms with E-state index < -0.39 is 0 Å². The molecule has 0 saturated heterocycles. The van der Waals surface area contributed by atoms with Crippen LogP contribution >= 0.6 is 0 Å². The van der Waals surface area contributed by atoms with Crippen LogP contribution < -0.4 is 10.1 Å². The zero-order chi connectivity index (χ0) is 20.9. The average Bonchev–Trinajstić information content (AvgIpc) is 2.76. The molecule has 0 saturated carbocycles. The van der Waals surface area contributed by atoms with Crippen LogP contribution in [0.4, 0.5) is 11.4 Å². The van der Waals surface area contributed by atoms with Crippen LogP contribution in [0.15, 0.2) is 59.3 Å². The first-order valence-corrected chi connectivity index (χ1v) is 11.4. The lowest BCUT2D eigenvalue weighted by Crippen LogP contribution is -2.78. The third-order valence-electron chi connectivity index (χ3n) is 6.01. The van der Waals surface area contributed by atoms with Crippen LogP contribution in [-0.4, -0.2) is 37.3 Å². The summed E-state index contributed by atoms with van der Waals surface area (Å²) in [4.78, 5) is 7.14. The van der Waals surface area contributed by atoms with E-state index in [9.17, 15) is 0 Å². The van der Waals surface area contributed by atoms with Crippen LogP contribution in [-0.2, 0) is 0 Å². The van der Waals surface area contributed by atoms with Crippen molar-refractivity contribution in [2.45, 2.75) is 51.5 Å². The standard InChI is InChI=1S/C26H33N3O/c1-4-5-6-7-8-11-16-27-23-18-25-26(21-13-10-9-12-20(21)23)28-22-15-14-19(29(2)3)17-24(22)30-25/h9-10,12-15,17-19,27H,4-8,11,16H2,1-3H3/p+1. The van der Waals surface area contributed by atoms with E-state index >= 15 is 0 Å². The van der Waals surface area contributed by atoms with Crippen LogP contribution in [0.5, 0.6) is 5.75 Å². The van der Waals surface area contributed by atoms with Gasteiger partial charge in [0, 0.05) is 22.9 Å². The van der Waals surface area contributed by atoms with Gasteiger partial charge in [-0.2, -0.15) is 0 Å². The molecule has 4 heteroatoms. The van der Waals surface area contributed by atoms with E-state index in [0.717, 1.165) is 29.5 Å². The smallest absolute Gasteiger partial charge is 0.159 e. The van der Waals surface area contributed by atoms with E-state index in [1.165, 1.54) is 55.0 Å². The van der Waals surface area contributed by atoms with Gasteiger partial charge >= 0.3 is 0 Å². The Kier molecular flexibility index (Phi) is 6.66. The van der Waals surface area contributed by atoms with Crippen LogP contribution in [0.3, 0.4) is 0 Å².